The highest BCUT2D eigenvalue weighted by Crippen LogP contribution is 2.34. The highest BCUT2D eigenvalue weighted by atomic mass is 35.5. The van der Waals surface area contributed by atoms with Gasteiger partial charge in [-0.05, 0) is 37.8 Å². The van der Waals surface area contributed by atoms with Crippen LogP contribution in [0.4, 0.5) is 5.82 Å². The summed E-state index contributed by atoms with van der Waals surface area (Å²) in [5.41, 5.74) is 2.17. The van der Waals surface area contributed by atoms with Crippen molar-refractivity contribution in [1.82, 2.24) is 20.8 Å². The second-order valence-electron chi connectivity index (χ2n) is 7.88. The molecule has 1 aliphatic heterocycles. The van der Waals surface area contributed by atoms with Gasteiger partial charge in [0.25, 0.3) is 5.91 Å². The molecular formula is C20H33Cl2N5O2. The third-order valence-corrected chi connectivity index (χ3v) is 5.71. The van der Waals surface area contributed by atoms with Gasteiger partial charge in [-0.15, -0.1) is 24.8 Å². The van der Waals surface area contributed by atoms with Crippen LogP contribution in [0, 0.1) is 5.92 Å². The SMILES string of the molecule is Cl.Cl.O=C(/C=C/c1cnc(N[C@@]2(CC3CCCCCC3)CCCNC2)cn1)NO. The molecule has 0 radical (unpaired) electrons. The first kappa shape index (κ1) is 25.6. The van der Waals surface area contributed by atoms with E-state index in [-0.39, 0.29) is 30.4 Å². The van der Waals surface area contributed by atoms with E-state index < -0.39 is 5.91 Å². The predicted molar refractivity (Wildman–Crippen MR) is 120 cm³/mol. The number of amides is 1. The molecule has 1 saturated carbocycles. The molecule has 3 rings (SSSR count). The van der Waals surface area contributed by atoms with Crippen molar-refractivity contribution in [2.45, 2.75) is 63.3 Å². The number of carbonyl (C=O) groups is 1. The van der Waals surface area contributed by atoms with E-state index in [4.69, 9.17) is 5.21 Å². The van der Waals surface area contributed by atoms with Gasteiger partial charge in [-0.3, -0.25) is 15.0 Å². The second-order valence-corrected chi connectivity index (χ2v) is 7.88. The minimum Gasteiger partial charge on any atom is -0.362 e. The molecule has 1 aliphatic carbocycles. The molecule has 164 valence electrons. The summed E-state index contributed by atoms with van der Waals surface area (Å²) in [5, 5.41) is 15.8. The van der Waals surface area contributed by atoms with Crippen LogP contribution < -0.4 is 16.1 Å². The minimum absolute atomic E-state index is 0. The van der Waals surface area contributed by atoms with Gasteiger partial charge in [0.05, 0.1) is 23.6 Å². The lowest BCUT2D eigenvalue weighted by Crippen LogP contribution is -2.52. The van der Waals surface area contributed by atoms with Crippen LogP contribution in [0.25, 0.3) is 6.08 Å². The highest BCUT2D eigenvalue weighted by Gasteiger charge is 2.35. The Morgan fingerprint density at radius 2 is 1.93 bits per heavy atom. The molecule has 1 amide bonds. The number of halogens is 2. The topological polar surface area (TPSA) is 99.2 Å². The van der Waals surface area contributed by atoms with E-state index >= 15 is 0 Å². The molecule has 29 heavy (non-hydrogen) atoms. The van der Waals surface area contributed by atoms with E-state index in [1.807, 2.05) is 0 Å². The van der Waals surface area contributed by atoms with Gasteiger partial charge in [0.1, 0.15) is 5.82 Å². The molecule has 7 nitrogen and oxygen atoms in total. The summed E-state index contributed by atoms with van der Waals surface area (Å²) < 4.78 is 0. The molecule has 0 bridgehead atoms. The van der Waals surface area contributed by atoms with E-state index in [1.54, 1.807) is 17.9 Å². The van der Waals surface area contributed by atoms with Gasteiger partial charge < -0.3 is 10.6 Å². The van der Waals surface area contributed by atoms with Crippen molar-refractivity contribution in [1.29, 1.82) is 0 Å². The van der Waals surface area contributed by atoms with Crippen LogP contribution >= 0.6 is 24.8 Å². The lowest BCUT2D eigenvalue weighted by Gasteiger charge is -2.41. The van der Waals surface area contributed by atoms with Crippen molar-refractivity contribution in [3.8, 4) is 0 Å². The number of rotatable bonds is 6. The Balaban J connectivity index is 0.00000210. The summed E-state index contributed by atoms with van der Waals surface area (Å²) >= 11 is 0. The van der Waals surface area contributed by atoms with Gasteiger partial charge in [0.2, 0.25) is 0 Å². The zero-order valence-electron chi connectivity index (χ0n) is 16.7. The monoisotopic (exact) mass is 445 g/mol. The van der Waals surface area contributed by atoms with E-state index in [2.05, 4.69) is 20.6 Å². The van der Waals surface area contributed by atoms with E-state index in [0.29, 0.717) is 5.69 Å². The summed E-state index contributed by atoms with van der Waals surface area (Å²) in [6.07, 6.45) is 17.7. The van der Waals surface area contributed by atoms with Crippen molar-refractivity contribution in [2.24, 2.45) is 5.92 Å². The number of carbonyl (C=O) groups excluding carboxylic acids is 1. The summed E-state index contributed by atoms with van der Waals surface area (Å²) in [7, 11) is 0. The van der Waals surface area contributed by atoms with E-state index in [0.717, 1.165) is 31.2 Å². The Morgan fingerprint density at radius 1 is 1.17 bits per heavy atom. The van der Waals surface area contributed by atoms with Crippen LogP contribution in [0.15, 0.2) is 18.5 Å². The van der Waals surface area contributed by atoms with Gasteiger partial charge in [0.15, 0.2) is 0 Å². The molecule has 1 atom stereocenters. The maximum Gasteiger partial charge on any atom is 0.267 e. The maximum atomic E-state index is 11.1. The predicted octanol–water partition coefficient (Wildman–Crippen LogP) is 3.73. The van der Waals surface area contributed by atoms with Crippen molar-refractivity contribution in [3.63, 3.8) is 0 Å². The number of aromatic nitrogens is 2. The Labute approximate surface area is 185 Å². The normalized spacial score (nSPS) is 22.8. The molecule has 9 heteroatoms. The Bertz CT molecular complexity index is 628. The first-order valence-electron chi connectivity index (χ1n) is 10.1. The fourth-order valence-electron chi connectivity index (χ4n) is 4.38. The van der Waals surface area contributed by atoms with Crippen molar-refractivity contribution in [2.75, 3.05) is 18.4 Å². The number of hydrogen-bond acceptors (Lipinski definition) is 6. The number of piperidine rings is 1. The summed E-state index contributed by atoms with van der Waals surface area (Å²) in [5.74, 6) is 0.970. The molecule has 0 aromatic carbocycles. The standard InChI is InChI=1S/C20H31N5O2.2ClH/c26-19(25-27)9-8-17-13-23-18(14-22-17)24-20(10-5-11-21-15-20)12-16-6-3-1-2-4-7-16;;/h8-9,13-14,16,21,27H,1-7,10-12,15H2,(H,23,24)(H,25,26);2*1H/b9-8+;;/t20-;;/m1../s1. The van der Waals surface area contributed by atoms with Crippen LogP contribution in [0.3, 0.4) is 0 Å². The first-order valence-corrected chi connectivity index (χ1v) is 10.1. The second kappa shape index (κ2) is 13.0. The number of hydroxylamine groups is 1. The average Bonchev–Trinajstić information content (AvgIpc) is 2.96. The number of nitrogens with one attached hydrogen (secondary N) is 3. The number of hydrogen-bond donors (Lipinski definition) is 4. The molecule has 1 aromatic rings. The van der Waals surface area contributed by atoms with Crippen LogP contribution in [0.1, 0.15) is 63.5 Å². The van der Waals surface area contributed by atoms with Gasteiger partial charge in [0, 0.05) is 12.6 Å². The molecule has 1 aromatic heterocycles. The van der Waals surface area contributed by atoms with Gasteiger partial charge >= 0.3 is 0 Å². The molecule has 2 heterocycles. The molecule has 0 unspecified atom stereocenters. The van der Waals surface area contributed by atoms with Crippen LogP contribution in [-0.2, 0) is 4.79 Å². The van der Waals surface area contributed by atoms with E-state index in [1.165, 1.54) is 63.5 Å². The van der Waals surface area contributed by atoms with Crippen molar-refractivity contribution >= 4 is 42.6 Å². The first-order chi connectivity index (χ1) is 13.2. The average molecular weight is 446 g/mol. The quantitative estimate of drug-likeness (QED) is 0.230. The van der Waals surface area contributed by atoms with Crippen molar-refractivity contribution in [3.05, 3.63) is 24.2 Å². The molecule has 2 fully saturated rings. The lowest BCUT2D eigenvalue weighted by molar-refractivity contribution is -0.124. The molecular weight excluding hydrogens is 413 g/mol. The summed E-state index contributed by atoms with van der Waals surface area (Å²) in [6, 6.07) is 0. The minimum atomic E-state index is -0.588. The molecule has 2 aliphatic rings. The largest absolute Gasteiger partial charge is 0.362 e. The molecule has 0 spiro atoms. The fraction of sp³-hybridized carbons (Fsp3) is 0.650. The third-order valence-electron chi connectivity index (χ3n) is 5.71. The lowest BCUT2D eigenvalue weighted by atomic mass is 9.79. The van der Waals surface area contributed by atoms with Crippen LogP contribution in [-0.4, -0.2) is 39.7 Å². The zero-order chi connectivity index (χ0) is 19.0. The third kappa shape index (κ3) is 8.09. The molecule has 1 saturated heterocycles. The smallest absolute Gasteiger partial charge is 0.267 e. The maximum absolute atomic E-state index is 11.1. The highest BCUT2D eigenvalue weighted by molar-refractivity contribution is 5.90. The van der Waals surface area contributed by atoms with Gasteiger partial charge in [-0.25, -0.2) is 10.5 Å². The van der Waals surface area contributed by atoms with Crippen LogP contribution in [0.5, 0.6) is 0 Å². The van der Waals surface area contributed by atoms with Gasteiger partial charge in [-0.1, -0.05) is 38.5 Å². The molecule has 4 N–H and O–H groups in total. The fourth-order valence-corrected chi connectivity index (χ4v) is 4.38. The van der Waals surface area contributed by atoms with E-state index in [9.17, 15) is 4.79 Å². The summed E-state index contributed by atoms with van der Waals surface area (Å²) in [4.78, 5) is 19.9. The number of nitrogens with zero attached hydrogens (tertiary/aromatic N) is 2. The zero-order valence-corrected chi connectivity index (χ0v) is 18.4. The summed E-state index contributed by atoms with van der Waals surface area (Å²) in [6.45, 7) is 2.04. The Morgan fingerprint density at radius 3 is 2.52 bits per heavy atom. The number of anilines is 1. The van der Waals surface area contributed by atoms with Crippen LogP contribution in [0.2, 0.25) is 0 Å². The van der Waals surface area contributed by atoms with Gasteiger partial charge in [-0.2, -0.15) is 0 Å². The van der Waals surface area contributed by atoms with Crippen molar-refractivity contribution < 1.29 is 10.0 Å². The Hall–Kier alpha value is -1.41. The Kier molecular flexibility index (Phi) is 11.5.